The molecular weight excluding hydrogens is 438 g/mol. The summed E-state index contributed by atoms with van der Waals surface area (Å²) in [5, 5.41) is 9.53. The predicted octanol–water partition coefficient (Wildman–Crippen LogP) is 3.07. The smallest absolute Gasteiger partial charge is 0.265 e. The quantitative estimate of drug-likeness (QED) is 0.464. The van der Waals surface area contributed by atoms with Crippen molar-refractivity contribution in [2.24, 2.45) is 0 Å². The highest BCUT2D eigenvalue weighted by Crippen LogP contribution is 2.38. The van der Waals surface area contributed by atoms with Crippen molar-refractivity contribution in [3.63, 3.8) is 0 Å². The van der Waals surface area contributed by atoms with Gasteiger partial charge in [0.15, 0.2) is 26.2 Å². The van der Waals surface area contributed by atoms with Crippen molar-refractivity contribution in [3.8, 4) is 10.6 Å². The molecule has 0 aliphatic carbocycles. The van der Waals surface area contributed by atoms with Crippen LogP contribution in [-0.2, 0) is 19.4 Å². The van der Waals surface area contributed by atoms with Crippen LogP contribution in [0.1, 0.15) is 12.8 Å². The summed E-state index contributed by atoms with van der Waals surface area (Å²) in [7, 11) is -4.18. The number of nitrogens with one attached hydrogen (secondary N) is 1. The molecular formula is C19H16F2N2O5S2. The van der Waals surface area contributed by atoms with Gasteiger partial charge in [0.25, 0.3) is 5.91 Å². The van der Waals surface area contributed by atoms with Crippen molar-refractivity contribution in [2.75, 3.05) is 13.2 Å². The molecule has 0 atom stereocenters. The number of carbonyl (C=O) groups excluding carboxylic acids is 1. The molecule has 1 fully saturated rings. The molecule has 3 aromatic rings. The van der Waals surface area contributed by atoms with E-state index in [1.165, 1.54) is 29.7 Å². The normalized spacial score (nSPS) is 16.5. The van der Waals surface area contributed by atoms with E-state index in [0.29, 0.717) is 20.8 Å². The number of hydrogen-bond acceptors (Lipinski definition) is 7. The number of sulfone groups is 1. The predicted molar refractivity (Wildman–Crippen MR) is 105 cm³/mol. The lowest BCUT2D eigenvalue weighted by Gasteiger charge is -2.34. The molecule has 0 radical (unpaired) electrons. The zero-order chi connectivity index (χ0) is 21.5. The van der Waals surface area contributed by atoms with E-state index in [-0.39, 0.29) is 31.0 Å². The maximum atomic E-state index is 13.6. The van der Waals surface area contributed by atoms with Gasteiger partial charge in [0.2, 0.25) is 0 Å². The van der Waals surface area contributed by atoms with Gasteiger partial charge in [-0.2, -0.15) is 0 Å². The van der Waals surface area contributed by atoms with Gasteiger partial charge in [0, 0.05) is 18.8 Å². The van der Waals surface area contributed by atoms with Crippen molar-refractivity contribution in [1.82, 2.24) is 10.5 Å². The fourth-order valence-electron chi connectivity index (χ4n) is 3.47. The number of rotatable bonds is 4. The zero-order valence-corrected chi connectivity index (χ0v) is 17.0. The molecule has 1 saturated heterocycles. The first-order valence-electron chi connectivity index (χ1n) is 8.91. The number of halogens is 2. The number of benzene rings is 2. The molecule has 11 heteroatoms. The van der Waals surface area contributed by atoms with Crippen molar-refractivity contribution >= 4 is 37.3 Å². The van der Waals surface area contributed by atoms with Gasteiger partial charge in [-0.15, -0.1) is 11.3 Å². The van der Waals surface area contributed by atoms with Gasteiger partial charge in [0.1, 0.15) is 5.01 Å². The molecule has 1 aliphatic heterocycles. The number of amides is 1. The highest BCUT2D eigenvalue weighted by Gasteiger charge is 2.52. The largest absolute Gasteiger partial charge is 0.381 e. The van der Waals surface area contributed by atoms with Crippen LogP contribution < -0.4 is 5.48 Å². The number of carbonyl (C=O) groups is 1. The van der Waals surface area contributed by atoms with Crippen LogP contribution in [-0.4, -0.2) is 42.5 Å². The van der Waals surface area contributed by atoms with Gasteiger partial charge >= 0.3 is 0 Å². The summed E-state index contributed by atoms with van der Waals surface area (Å²) in [4.78, 5) is 16.6. The monoisotopic (exact) mass is 454 g/mol. The summed E-state index contributed by atoms with van der Waals surface area (Å²) < 4.78 is 57.4. The van der Waals surface area contributed by atoms with Gasteiger partial charge < -0.3 is 4.74 Å². The third-order valence-electron chi connectivity index (χ3n) is 5.17. The van der Waals surface area contributed by atoms with Crippen molar-refractivity contribution in [2.45, 2.75) is 22.5 Å². The van der Waals surface area contributed by atoms with E-state index >= 15 is 0 Å². The van der Waals surface area contributed by atoms with E-state index in [0.717, 1.165) is 23.5 Å². The maximum absolute atomic E-state index is 13.6. The molecule has 0 unspecified atom stereocenters. The number of aromatic nitrogens is 1. The second-order valence-electron chi connectivity index (χ2n) is 6.83. The van der Waals surface area contributed by atoms with E-state index in [9.17, 15) is 22.0 Å². The zero-order valence-electron chi connectivity index (χ0n) is 15.4. The summed E-state index contributed by atoms with van der Waals surface area (Å²) in [6, 6.07) is 7.63. The van der Waals surface area contributed by atoms with Crippen LogP contribution in [0, 0.1) is 11.6 Å². The minimum absolute atomic E-state index is 0.0652. The summed E-state index contributed by atoms with van der Waals surface area (Å²) in [6.07, 6.45) is -0.189. The van der Waals surface area contributed by atoms with E-state index in [1.807, 2.05) is 0 Å². The first kappa shape index (κ1) is 20.8. The molecule has 2 heterocycles. The van der Waals surface area contributed by atoms with Crippen LogP contribution in [0.25, 0.3) is 20.8 Å². The summed E-state index contributed by atoms with van der Waals surface area (Å²) in [6.45, 7) is 0.130. The molecule has 0 bridgehead atoms. The lowest BCUT2D eigenvalue weighted by Crippen LogP contribution is -2.54. The van der Waals surface area contributed by atoms with Gasteiger partial charge in [-0.25, -0.2) is 27.7 Å². The third kappa shape index (κ3) is 3.27. The molecule has 30 heavy (non-hydrogen) atoms. The van der Waals surface area contributed by atoms with Crippen LogP contribution in [0.3, 0.4) is 0 Å². The average Bonchev–Trinajstić information content (AvgIpc) is 3.18. The SMILES string of the molecule is O=C(NO)C1(S(=O)(=O)c2ccc3nc(-c4ccc(F)c(F)c4)sc3c2)CCOCC1. The van der Waals surface area contributed by atoms with Gasteiger partial charge in [0.05, 0.1) is 15.1 Å². The number of hydrogen-bond donors (Lipinski definition) is 2. The minimum Gasteiger partial charge on any atom is -0.381 e. The Morgan fingerprint density at radius 3 is 2.53 bits per heavy atom. The first-order chi connectivity index (χ1) is 14.3. The summed E-state index contributed by atoms with van der Waals surface area (Å²) in [5.74, 6) is -2.98. The summed E-state index contributed by atoms with van der Waals surface area (Å²) >= 11 is 1.12. The number of thiazole rings is 1. The Labute approximate surface area is 174 Å². The Kier molecular flexibility index (Phi) is 5.30. The van der Waals surface area contributed by atoms with Gasteiger partial charge in [-0.1, -0.05) is 0 Å². The van der Waals surface area contributed by atoms with E-state index in [1.54, 1.807) is 0 Å². The minimum atomic E-state index is -4.18. The molecule has 2 N–H and O–H groups in total. The second-order valence-corrected chi connectivity index (χ2v) is 10.1. The fourth-order valence-corrected chi connectivity index (χ4v) is 6.51. The molecule has 1 amide bonds. The van der Waals surface area contributed by atoms with Crippen LogP contribution in [0.15, 0.2) is 41.3 Å². The molecule has 0 spiro atoms. The van der Waals surface area contributed by atoms with Crippen LogP contribution >= 0.6 is 11.3 Å². The average molecular weight is 454 g/mol. The Hall–Kier alpha value is -2.47. The number of ether oxygens (including phenoxy) is 1. The maximum Gasteiger partial charge on any atom is 0.265 e. The van der Waals surface area contributed by atoms with Gasteiger partial charge in [-0.05, 0) is 49.2 Å². The lowest BCUT2D eigenvalue weighted by atomic mass is 9.98. The van der Waals surface area contributed by atoms with E-state index in [2.05, 4.69) is 4.98 Å². The molecule has 0 saturated carbocycles. The Morgan fingerprint density at radius 1 is 1.13 bits per heavy atom. The lowest BCUT2D eigenvalue weighted by molar-refractivity contribution is -0.134. The van der Waals surface area contributed by atoms with Gasteiger partial charge in [-0.3, -0.25) is 10.0 Å². The van der Waals surface area contributed by atoms with Crippen molar-refractivity contribution < 1.29 is 31.9 Å². The molecule has 1 aliphatic rings. The van der Waals surface area contributed by atoms with Crippen molar-refractivity contribution in [3.05, 3.63) is 48.0 Å². The van der Waals surface area contributed by atoms with Crippen LogP contribution in [0.2, 0.25) is 0 Å². The van der Waals surface area contributed by atoms with Crippen molar-refractivity contribution in [1.29, 1.82) is 0 Å². The molecule has 7 nitrogen and oxygen atoms in total. The Morgan fingerprint density at radius 2 is 1.87 bits per heavy atom. The number of hydroxylamine groups is 1. The molecule has 4 rings (SSSR count). The Balaban J connectivity index is 1.79. The van der Waals surface area contributed by atoms with E-state index < -0.39 is 32.1 Å². The molecule has 158 valence electrons. The van der Waals surface area contributed by atoms with E-state index in [4.69, 9.17) is 9.94 Å². The highest BCUT2D eigenvalue weighted by molar-refractivity contribution is 7.93. The Bertz CT molecular complexity index is 1240. The second kappa shape index (κ2) is 7.65. The van der Waals surface area contributed by atoms with Crippen LogP contribution in [0.4, 0.5) is 8.78 Å². The standard InChI is InChI=1S/C19H16F2N2O5S2/c20-13-3-1-11(9-14(13)21)17-22-15-4-2-12(10-16(15)29-17)30(26,27)19(18(24)23-25)5-7-28-8-6-19/h1-4,9-10,25H,5-8H2,(H,23,24). The molecule has 2 aromatic carbocycles. The molecule has 1 aromatic heterocycles. The summed E-state index contributed by atoms with van der Waals surface area (Å²) in [5.41, 5.74) is 2.31. The van der Waals surface area contributed by atoms with Crippen LogP contribution in [0.5, 0.6) is 0 Å². The number of nitrogens with zero attached hydrogens (tertiary/aromatic N) is 1. The first-order valence-corrected chi connectivity index (χ1v) is 11.2. The topological polar surface area (TPSA) is 106 Å². The third-order valence-corrected chi connectivity index (χ3v) is 8.73. The fraction of sp³-hybridized carbons (Fsp3) is 0.263. The highest BCUT2D eigenvalue weighted by atomic mass is 32.2. The number of fused-ring (bicyclic) bond motifs is 1.